The summed E-state index contributed by atoms with van der Waals surface area (Å²) in [6.45, 7) is 4.19. The Morgan fingerprint density at radius 1 is 1.12 bits per heavy atom. The lowest BCUT2D eigenvalue weighted by atomic mass is 10.1. The van der Waals surface area contributed by atoms with E-state index >= 15 is 0 Å². The Bertz CT molecular complexity index is 693. The number of hydrogen-bond acceptors (Lipinski definition) is 6. The van der Waals surface area contributed by atoms with Gasteiger partial charge < -0.3 is 14.4 Å². The zero-order chi connectivity index (χ0) is 19.0. The fourth-order valence-corrected chi connectivity index (χ4v) is 4.72. The molecule has 1 heterocycles. The second-order valence-corrected chi connectivity index (χ2v) is 8.31. The number of methoxy groups -OCH3 is 2. The van der Waals surface area contributed by atoms with Crippen molar-refractivity contribution in [3.8, 4) is 0 Å². The molecule has 0 saturated carbocycles. The Morgan fingerprint density at radius 3 is 2.62 bits per heavy atom. The van der Waals surface area contributed by atoms with Crippen molar-refractivity contribution in [3.05, 3.63) is 35.4 Å². The maximum Gasteiger partial charge on any atom is 0.338 e. The van der Waals surface area contributed by atoms with Gasteiger partial charge in [0.1, 0.15) is 0 Å². The monoisotopic (exact) mass is 384 g/mol. The van der Waals surface area contributed by atoms with E-state index in [1.807, 2.05) is 0 Å². The van der Waals surface area contributed by atoms with Crippen LogP contribution >= 0.6 is 0 Å². The van der Waals surface area contributed by atoms with Crippen LogP contribution in [0.5, 0.6) is 0 Å². The predicted molar refractivity (Wildman–Crippen MR) is 99.5 cm³/mol. The molecule has 0 aromatic heterocycles. The van der Waals surface area contributed by atoms with Gasteiger partial charge in [-0.1, -0.05) is 18.2 Å². The average Bonchev–Trinajstić information content (AvgIpc) is 2.88. The topological polar surface area (TPSA) is 76.2 Å². The third-order valence-electron chi connectivity index (χ3n) is 4.52. The third-order valence-corrected chi connectivity index (χ3v) is 6.35. The minimum atomic E-state index is -3.50. The standard InChI is InChI=1S/C18H28N2O5S/c1-24-14-6-10-19-9-5-11-20(13-12-19)26(22,23)15-16-7-3-4-8-17(16)18(21)25-2/h3-4,7-8H,5-6,9-15H2,1-2H3. The van der Waals surface area contributed by atoms with Gasteiger partial charge in [0.15, 0.2) is 0 Å². The minimum Gasteiger partial charge on any atom is -0.465 e. The van der Waals surface area contributed by atoms with Crippen LogP contribution in [0.15, 0.2) is 24.3 Å². The maximum atomic E-state index is 12.9. The molecule has 146 valence electrons. The van der Waals surface area contributed by atoms with E-state index in [0.29, 0.717) is 37.4 Å². The van der Waals surface area contributed by atoms with Crippen molar-refractivity contribution in [1.82, 2.24) is 9.21 Å². The van der Waals surface area contributed by atoms with Crippen LogP contribution < -0.4 is 0 Å². The summed E-state index contributed by atoms with van der Waals surface area (Å²) in [6, 6.07) is 6.69. The van der Waals surface area contributed by atoms with Gasteiger partial charge in [-0.05, 0) is 31.0 Å². The number of rotatable bonds is 8. The Labute approximate surface area is 155 Å². The van der Waals surface area contributed by atoms with Gasteiger partial charge in [0.2, 0.25) is 10.0 Å². The van der Waals surface area contributed by atoms with Crippen LogP contribution in [-0.4, -0.2) is 77.1 Å². The van der Waals surface area contributed by atoms with Crippen LogP contribution in [0.3, 0.4) is 0 Å². The largest absolute Gasteiger partial charge is 0.465 e. The number of benzene rings is 1. The molecule has 0 amide bonds. The molecule has 1 aromatic rings. The smallest absolute Gasteiger partial charge is 0.338 e. The Hall–Kier alpha value is -1.48. The molecule has 0 aliphatic carbocycles. The van der Waals surface area contributed by atoms with Gasteiger partial charge >= 0.3 is 5.97 Å². The van der Waals surface area contributed by atoms with Crippen molar-refractivity contribution >= 4 is 16.0 Å². The van der Waals surface area contributed by atoms with Crippen molar-refractivity contribution in [2.45, 2.75) is 18.6 Å². The highest BCUT2D eigenvalue weighted by molar-refractivity contribution is 7.88. The number of nitrogens with zero attached hydrogens (tertiary/aromatic N) is 2. The molecule has 0 spiro atoms. The Balaban J connectivity index is 2.03. The van der Waals surface area contributed by atoms with Crippen molar-refractivity contribution < 1.29 is 22.7 Å². The summed E-state index contributed by atoms with van der Waals surface area (Å²) in [4.78, 5) is 14.1. The fraction of sp³-hybridized carbons (Fsp3) is 0.611. The lowest BCUT2D eigenvalue weighted by Gasteiger charge is -2.22. The molecule has 0 atom stereocenters. The highest BCUT2D eigenvalue weighted by Gasteiger charge is 2.27. The highest BCUT2D eigenvalue weighted by atomic mass is 32.2. The van der Waals surface area contributed by atoms with E-state index in [4.69, 9.17) is 9.47 Å². The lowest BCUT2D eigenvalue weighted by Crippen LogP contribution is -2.36. The first-order valence-electron chi connectivity index (χ1n) is 8.83. The minimum absolute atomic E-state index is 0.193. The van der Waals surface area contributed by atoms with Gasteiger partial charge in [0.25, 0.3) is 0 Å². The molecule has 1 aliphatic rings. The summed E-state index contributed by atoms with van der Waals surface area (Å²) in [5, 5.41) is 0. The number of carbonyl (C=O) groups is 1. The summed E-state index contributed by atoms with van der Waals surface area (Å²) in [7, 11) is -0.523. The number of sulfonamides is 1. The highest BCUT2D eigenvalue weighted by Crippen LogP contribution is 2.18. The van der Waals surface area contributed by atoms with Crippen molar-refractivity contribution in [2.24, 2.45) is 0 Å². The van der Waals surface area contributed by atoms with Crippen LogP contribution in [-0.2, 0) is 25.2 Å². The SMILES string of the molecule is COCCCN1CCCN(S(=O)(=O)Cc2ccccc2C(=O)OC)CC1. The molecular formula is C18H28N2O5S. The van der Waals surface area contributed by atoms with Crippen LogP contribution in [0, 0.1) is 0 Å². The summed E-state index contributed by atoms with van der Waals surface area (Å²) < 4.78 is 37.1. The van der Waals surface area contributed by atoms with E-state index in [-0.39, 0.29) is 5.75 Å². The molecule has 0 unspecified atom stereocenters. The Morgan fingerprint density at radius 2 is 1.88 bits per heavy atom. The molecular weight excluding hydrogens is 356 g/mol. The van der Waals surface area contributed by atoms with Crippen LogP contribution in [0.4, 0.5) is 0 Å². The molecule has 8 heteroatoms. The van der Waals surface area contributed by atoms with E-state index in [1.54, 1.807) is 31.4 Å². The molecule has 26 heavy (non-hydrogen) atoms. The summed E-state index contributed by atoms with van der Waals surface area (Å²) in [6.07, 6.45) is 1.74. The number of ether oxygens (including phenoxy) is 2. The van der Waals surface area contributed by atoms with E-state index in [0.717, 1.165) is 25.9 Å². The molecule has 1 saturated heterocycles. The predicted octanol–water partition coefficient (Wildman–Crippen LogP) is 1.35. The molecule has 1 aliphatic heterocycles. The van der Waals surface area contributed by atoms with Gasteiger partial charge in [-0.2, -0.15) is 0 Å². The van der Waals surface area contributed by atoms with Gasteiger partial charge in [-0.3, -0.25) is 0 Å². The first kappa shape index (κ1) is 20.8. The second-order valence-electron chi connectivity index (χ2n) is 6.35. The average molecular weight is 384 g/mol. The lowest BCUT2D eigenvalue weighted by molar-refractivity contribution is 0.0600. The van der Waals surface area contributed by atoms with Gasteiger partial charge in [-0.15, -0.1) is 0 Å². The van der Waals surface area contributed by atoms with Gasteiger partial charge in [0.05, 0.1) is 18.4 Å². The van der Waals surface area contributed by atoms with Gasteiger partial charge in [0, 0.05) is 39.9 Å². The third kappa shape index (κ3) is 5.77. The van der Waals surface area contributed by atoms with E-state index in [1.165, 1.54) is 11.4 Å². The molecule has 0 bridgehead atoms. The number of carbonyl (C=O) groups excluding carboxylic acids is 1. The normalized spacial score (nSPS) is 17.0. The number of esters is 1. The quantitative estimate of drug-likeness (QED) is 0.497. The van der Waals surface area contributed by atoms with Crippen molar-refractivity contribution in [1.29, 1.82) is 0 Å². The van der Waals surface area contributed by atoms with E-state index < -0.39 is 16.0 Å². The maximum absolute atomic E-state index is 12.9. The zero-order valence-corrected chi connectivity index (χ0v) is 16.3. The number of hydrogen-bond donors (Lipinski definition) is 0. The van der Waals surface area contributed by atoms with Crippen LogP contribution in [0.1, 0.15) is 28.8 Å². The molecule has 1 aromatic carbocycles. The van der Waals surface area contributed by atoms with Crippen molar-refractivity contribution in [3.63, 3.8) is 0 Å². The van der Waals surface area contributed by atoms with E-state index in [2.05, 4.69) is 4.90 Å². The molecule has 2 rings (SSSR count). The van der Waals surface area contributed by atoms with Crippen molar-refractivity contribution in [2.75, 3.05) is 53.6 Å². The summed E-state index contributed by atoms with van der Waals surface area (Å²) >= 11 is 0. The summed E-state index contributed by atoms with van der Waals surface area (Å²) in [5.74, 6) is -0.710. The first-order chi connectivity index (χ1) is 12.5. The molecule has 0 N–H and O–H groups in total. The van der Waals surface area contributed by atoms with Crippen LogP contribution in [0.25, 0.3) is 0 Å². The van der Waals surface area contributed by atoms with Gasteiger partial charge in [-0.25, -0.2) is 17.5 Å². The van der Waals surface area contributed by atoms with Crippen LogP contribution in [0.2, 0.25) is 0 Å². The fourth-order valence-electron chi connectivity index (χ4n) is 3.12. The Kier molecular flexibility index (Phi) is 8.02. The second kappa shape index (κ2) is 10.0. The first-order valence-corrected chi connectivity index (χ1v) is 10.4. The summed E-state index contributed by atoms with van der Waals surface area (Å²) in [5.41, 5.74) is 0.773. The molecule has 7 nitrogen and oxygen atoms in total. The molecule has 0 radical (unpaired) electrons. The zero-order valence-electron chi connectivity index (χ0n) is 15.5. The van der Waals surface area contributed by atoms with E-state index in [9.17, 15) is 13.2 Å². The molecule has 1 fully saturated rings.